The number of rotatable bonds is 5. The average molecular weight is 409 g/mol. The molecule has 6 rings (SSSR count). The minimum atomic E-state index is -0.310. The fourth-order valence-corrected chi connectivity index (χ4v) is 7.44. The third-order valence-corrected chi connectivity index (χ3v) is 8.67. The SMILES string of the molecule is CC[C@@H](C)c1ccccc1NC(=O)[C@H]1CCCN1C(=O)C12CC3CC(CC(C3)C1)C2. The third kappa shape index (κ3) is 3.36. The first kappa shape index (κ1) is 20.1. The van der Waals surface area contributed by atoms with Gasteiger partial charge in [-0.2, -0.15) is 0 Å². The lowest BCUT2D eigenvalue weighted by molar-refractivity contribution is -0.160. The number of likely N-dealkylation sites (tertiary alicyclic amines) is 1. The fourth-order valence-electron chi connectivity index (χ4n) is 7.44. The Morgan fingerprint density at radius 2 is 1.73 bits per heavy atom. The van der Waals surface area contributed by atoms with E-state index < -0.39 is 0 Å². The summed E-state index contributed by atoms with van der Waals surface area (Å²) in [6, 6.07) is 7.82. The van der Waals surface area contributed by atoms with Gasteiger partial charge in [0.25, 0.3) is 0 Å². The molecule has 30 heavy (non-hydrogen) atoms. The Kier molecular flexibility index (Phi) is 5.15. The molecule has 4 bridgehead atoms. The summed E-state index contributed by atoms with van der Waals surface area (Å²) in [7, 11) is 0. The van der Waals surface area contributed by atoms with Gasteiger partial charge in [-0.15, -0.1) is 0 Å². The van der Waals surface area contributed by atoms with Crippen molar-refractivity contribution in [1.29, 1.82) is 0 Å². The van der Waals surface area contributed by atoms with Crippen LogP contribution in [0.2, 0.25) is 0 Å². The van der Waals surface area contributed by atoms with Crippen LogP contribution in [-0.4, -0.2) is 29.3 Å². The van der Waals surface area contributed by atoms with Crippen LogP contribution in [0.15, 0.2) is 24.3 Å². The zero-order valence-electron chi connectivity index (χ0n) is 18.5. The summed E-state index contributed by atoms with van der Waals surface area (Å²) < 4.78 is 0. The highest BCUT2D eigenvalue weighted by Gasteiger charge is 2.56. The first-order valence-corrected chi connectivity index (χ1v) is 12.2. The standard InChI is InChI=1S/C26H36N2O2/c1-3-17(2)21-7-4-5-8-22(21)27-24(29)23-9-6-10-28(23)25(30)26-14-18-11-19(15-26)13-20(12-18)16-26/h4-5,7-8,17-20,23H,3,6,9-16H2,1-2H3,(H,27,29)/t17-,18?,19?,20?,23-,26?/m1/s1. The van der Waals surface area contributed by atoms with Gasteiger partial charge in [0, 0.05) is 12.2 Å². The number of carbonyl (C=O) groups excluding carboxylic acids is 2. The maximum Gasteiger partial charge on any atom is 0.247 e. The van der Waals surface area contributed by atoms with Crippen LogP contribution in [0.1, 0.15) is 83.1 Å². The van der Waals surface area contributed by atoms with E-state index in [0.29, 0.717) is 11.8 Å². The second-order valence-corrected chi connectivity index (χ2v) is 10.7. The molecule has 1 saturated heterocycles. The molecule has 4 heteroatoms. The molecule has 5 fully saturated rings. The summed E-state index contributed by atoms with van der Waals surface area (Å²) in [4.78, 5) is 29.1. The first-order valence-electron chi connectivity index (χ1n) is 12.2. The normalized spacial score (nSPS) is 35.5. The summed E-state index contributed by atoms with van der Waals surface area (Å²) >= 11 is 0. The van der Waals surface area contributed by atoms with Crippen molar-refractivity contribution in [3.63, 3.8) is 0 Å². The van der Waals surface area contributed by atoms with Crippen LogP contribution in [0.5, 0.6) is 0 Å². The lowest BCUT2D eigenvalue weighted by Gasteiger charge is -2.56. The first-order chi connectivity index (χ1) is 14.5. The number of para-hydroxylation sites is 1. The molecule has 4 nitrogen and oxygen atoms in total. The summed E-state index contributed by atoms with van der Waals surface area (Å²) in [5.74, 6) is 2.94. The topological polar surface area (TPSA) is 49.4 Å². The van der Waals surface area contributed by atoms with E-state index in [1.807, 2.05) is 23.1 Å². The predicted octanol–water partition coefficient (Wildman–Crippen LogP) is 5.35. The fraction of sp³-hybridized carbons (Fsp3) is 0.692. The van der Waals surface area contributed by atoms with E-state index in [9.17, 15) is 9.59 Å². The number of benzene rings is 1. The van der Waals surface area contributed by atoms with E-state index in [-0.39, 0.29) is 17.4 Å². The summed E-state index contributed by atoms with van der Waals surface area (Å²) in [5, 5.41) is 3.19. The zero-order chi connectivity index (χ0) is 20.9. The summed E-state index contributed by atoms with van der Waals surface area (Å²) in [6.07, 6.45) is 9.97. The molecule has 4 aliphatic carbocycles. The van der Waals surface area contributed by atoms with Crippen molar-refractivity contribution in [3.05, 3.63) is 29.8 Å². The Hall–Kier alpha value is -1.84. The van der Waals surface area contributed by atoms with Crippen molar-refractivity contribution < 1.29 is 9.59 Å². The van der Waals surface area contributed by atoms with Crippen molar-refractivity contribution >= 4 is 17.5 Å². The van der Waals surface area contributed by atoms with E-state index in [1.165, 1.54) is 24.8 Å². The highest BCUT2D eigenvalue weighted by atomic mass is 16.2. The van der Waals surface area contributed by atoms with Crippen LogP contribution >= 0.6 is 0 Å². The molecule has 1 aromatic rings. The molecule has 0 spiro atoms. The Morgan fingerprint density at radius 1 is 1.10 bits per heavy atom. The molecule has 162 valence electrons. The Labute approximate surface area is 180 Å². The minimum absolute atomic E-state index is 0.00123. The molecule has 1 aliphatic heterocycles. The van der Waals surface area contributed by atoms with Gasteiger partial charge in [0.2, 0.25) is 11.8 Å². The number of carbonyl (C=O) groups is 2. The summed E-state index contributed by atoms with van der Waals surface area (Å²) in [6.45, 7) is 5.11. The van der Waals surface area contributed by atoms with E-state index in [1.54, 1.807) is 0 Å². The number of amides is 2. The lowest BCUT2D eigenvalue weighted by Crippen LogP contribution is -2.56. The number of hydrogen-bond donors (Lipinski definition) is 1. The van der Waals surface area contributed by atoms with Gasteiger partial charge in [-0.1, -0.05) is 32.0 Å². The van der Waals surface area contributed by atoms with E-state index in [0.717, 1.165) is 68.5 Å². The predicted molar refractivity (Wildman–Crippen MR) is 119 cm³/mol. The average Bonchev–Trinajstić information content (AvgIpc) is 3.22. The molecule has 0 aromatic heterocycles. The van der Waals surface area contributed by atoms with Crippen LogP contribution in [-0.2, 0) is 9.59 Å². The quantitative estimate of drug-likeness (QED) is 0.714. The van der Waals surface area contributed by atoms with E-state index in [2.05, 4.69) is 25.2 Å². The maximum absolute atomic E-state index is 13.8. The zero-order valence-corrected chi connectivity index (χ0v) is 18.5. The molecular formula is C26H36N2O2. The van der Waals surface area contributed by atoms with E-state index >= 15 is 0 Å². The molecule has 2 amide bonds. The number of nitrogens with one attached hydrogen (secondary N) is 1. The van der Waals surface area contributed by atoms with E-state index in [4.69, 9.17) is 0 Å². The molecular weight excluding hydrogens is 372 g/mol. The van der Waals surface area contributed by atoms with Crippen molar-refractivity contribution in [2.45, 2.75) is 83.6 Å². The second-order valence-electron chi connectivity index (χ2n) is 10.7. The molecule has 1 heterocycles. The van der Waals surface area contributed by atoms with Gasteiger partial charge in [-0.3, -0.25) is 9.59 Å². The maximum atomic E-state index is 13.8. The van der Waals surface area contributed by atoms with Gasteiger partial charge in [0.1, 0.15) is 6.04 Å². The molecule has 0 unspecified atom stereocenters. The second kappa shape index (κ2) is 7.69. The van der Waals surface area contributed by atoms with Crippen molar-refractivity contribution in [3.8, 4) is 0 Å². The number of anilines is 1. The molecule has 0 radical (unpaired) electrons. The van der Waals surface area contributed by atoms with Gasteiger partial charge in [-0.05, 0) is 93.1 Å². The van der Waals surface area contributed by atoms with Gasteiger partial charge < -0.3 is 10.2 Å². The van der Waals surface area contributed by atoms with Crippen LogP contribution in [0.3, 0.4) is 0 Å². The summed E-state index contributed by atoms with van der Waals surface area (Å²) in [5.41, 5.74) is 1.93. The number of nitrogens with zero attached hydrogens (tertiary/aromatic N) is 1. The van der Waals surface area contributed by atoms with Crippen LogP contribution in [0.4, 0.5) is 5.69 Å². The minimum Gasteiger partial charge on any atom is -0.330 e. The van der Waals surface area contributed by atoms with Gasteiger partial charge in [0.05, 0.1) is 5.41 Å². The molecule has 4 saturated carbocycles. The Bertz CT molecular complexity index is 797. The lowest BCUT2D eigenvalue weighted by atomic mass is 9.49. The van der Waals surface area contributed by atoms with Crippen molar-refractivity contribution in [2.24, 2.45) is 23.2 Å². The molecule has 2 atom stereocenters. The van der Waals surface area contributed by atoms with Gasteiger partial charge in [0.15, 0.2) is 0 Å². The van der Waals surface area contributed by atoms with Crippen LogP contribution in [0.25, 0.3) is 0 Å². The van der Waals surface area contributed by atoms with Crippen LogP contribution in [0, 0.1) is 23.2 Å². The monoisotopic (exact) mass is 408 g/mol. The Balaban J connectivity index is 1.33. The highest BCUT2D eigenvalue weighted by Crippen LogP contribution is 2.60. The highest BCUT2D eigenvalue weighted by molar-refractivity contribution is 5.99. The molecule has 5 aliphatic rings. The van der Waals surface area contributed by atoms with Crippen molar-refractivity contribution in [1.82, 2.24) is 4.90 Å². The largest absolute Gasteiger partial charge is 0.330 e. The third-order valence-electron chi connectivity index (χ3n) is 8.67. The number of hydrogen-bond acceptors (Lipinski definition) is 2. The smallest absolute Gasteiger partial charge is 0.247 e. The molecule has 1 N–H and O–H groups in total. The Morgan fingerprint density at radius 3 is 2.37 bits per heavy atom. The van der Waals surface area contributed by atoms with Gasteiger partial charge >= 0.3 is 0 Å². The van der Waals surface area contributed by atoms with Crippen LogP contribution < -0.4 is 5.32 Å². The van der Waals surface area contributed by atoms with Crippen molar-refractivity contribution in [2.75, 3.05) is 11.9 Å². The molecule has 1 aromatic carbocycles. The van der Waals surface area contributed by atoms with Gasteiger partial charge in [-0.25, -0.2) is 0 Å².